The molecule has 0 amide bonds. The summed E-state index contributed by atoms with van der Waals surface area (Å²) in [6.07, 6.45) is 0. The second kappa shape index (κ2) is 9.83. The molecule has 0 aliphatic rings. The van der Waals surface area contributed by atoms with Gasteiger partial charge in [0.15, 0.2) is 0 Å². The second-order valence-electron chi connectivity index (χ2n) is 2.13. The molecular weight excluding hydrogens is 316 g/mol. The fourth-order valence-electron chi connectivity index (χ4n) is 0.645. The van der Waals surface area contributed by atoms with Gasteiger partial charge in [-0.25, -0.2) is 0 Å². The first-order chi connectivity index (χ1) is 6.52. The predicted molar refractivity (Wildman–Crippen MR) is 64.7 cm³/mol. The Morgan fingerprint density at radius 3 is 1.87 bits per heavy atom. The number of thiocarbonyl (C=S) groups is 2. The SMILES string of the molecule is NC(O)=S.OC(=S)Nc1ccccc1.[Mo]. The number of hydrogen-bond acceptors (Lipinski definition) is 2. The molecule has 0 atom stereocenters. The van der Waals surface area contributed by atoms with Crippen LogP contribution in [0.5, 0.6) is 0 Å². The van der Waals surface area contributed by atoms with Gasteiger partial charge in [-0.05, 0) is 36.6 Å². The minimum Gasteiger partial charge on any atom is -0.487 e. The fraction of sp³-hybridized carbons (Fsp3) is 0. The molecule has 0 heterocycles. The smallest absolute Gasteiger partial charge is 0.258 e. The fourth-order valence-corrected chi connectivity index (χ4v) is 0.763. The Morgan fingerprint density at radius 2 is 1.53 bits per heavy atom. The molecule has 5 N–H and O–H groups in total. The summed E-state index contributed by atoms with van der Waals surface area (Å²) in [4.78, 5) is 0. The number of rotatable bonds is 1. The third kappa shape index (κ3) is 13.3. The van der Waals surface area contributed by atoms with Crippen molar-refractivity contribution in [3.63, 3.8) is 0 Å². The van der Waals surface area contributed by atoms with Crippen LogP contribution in [-0.2, 0) is 21.1 Å². The van der Waals surface area contributed by atoms with E-state index in [2.05, 4.69) is 35.5 Å². The normalized spacial score (nSPS) is 7.47. The monoisotopic (exact) mass is 328 g/mol. The molecule has 0 aromatic heterocycles. The third-order valence-corrected chi connectivity index (χ3v) is 1.13. The van der Waals surface area contributed by atoms with E-state index in [1.54, 1.807) is 0 Å². The molecular formula is C8H10MoN2O2S2. The maximum Gasteiger partial charge on any atom is 0.258 e. The van der Waals surface area contributed by atoms with E-state index in [0.29, 0.717) is 0 Å². The van der Waals surface area contributed by atoms with E-state index in [4.69, 9.17) is 10.2 Å². The Hall–Kier alpha value is -0.712. The minimum atomic E-state index is -0.500. The Balaban J connectivity index is 0. The number of hydrogen-bond donors (Lipinski definition) is 4. The van der Waals surface area contributed by atoms with Gasteiger partial charge in [-0.3, -0.25) is 0 Å². The van der Waals surface area contributed by atoms with Crippen LogP contribution in [0.4, 0.5) is 5.69 Å². The van der Waals surface area contributed by atoms with Crippen molar-refractivity contribution >= 4 is 40.5 Å². The zero-order chi connectivity index (χ0) is 11.0. The van der Waals surface area contributed by atoms with E-state index in [1.807, 2.05) is 30.3 Å². The van der Waals surface area contributed by atoms with Gasteiger partial charge < -0.3 is 21.3 Å². The summed E-state index contributed by atoms with van der Waals surface area (Å²) in [6.45, 7) is 0. The molecule has 0 aliphatic carbocycles. The molecule has 1 rings (SSSR count). The van der Waals surface area contributed by atoms with Crippen molar-refractivity contribution in [2.24, 2.45) is 5.73 Å². The number of aliphatic hydroxyl groups is 2. The van der Waals surface area contributed by atoms with Crippen molar-refractivity contribution < 1.29 is 31.3 Å². The van der Waals surface area contributed by atoms with Crippen molar-refractivity contribution in [2.45, 2.75) is 0 Å². The summed E-state index contributed by atoms with van der Waals surface area (Å²) in [7, 11) is 0. The van der Waals surface area contributed by atoms with E-state index in [1.165, 1.54) is 0 Å². The molecule has 0 radical (unpaired) electrons. The first-order valence-electron chi connectivity index (χ1n) is 3.55. The molecule has 1 aromatic rings. The zero-order valence-corrected chi connectivity index (χ0v) is 11.2. The van der Waals surface area contributed by atoms with E-state index >= 15 is 0 Å². The summed E-state index contributed by atoms with van der Waals surface area (Å²) in [5, 5.41) is 18.1. The van der Waals surface area contributed by atoms with Gasteiger partial charge >= 0.3 is 0 Å². The summed E-state index contributed by atoms with van der Waals surface area (Å²) < 4.78 is 0. The molecule has 0 saturated heterocycles. The second-order valence-corrected chi connectivity index (χ2v) is 2.94. The van der Waals surface area contributed by atoms with Crippen LogP contribution in [0.3, 0.4) is 0 Å². The Kier molecular flexibility index (Phi) is 10.9. The van der Waals surface area contributed by atoms with Crippen molar-refractivity contribution in [3.8, 4) is 0 Å². The summed E-state index contributed by atoms with van der Waals surface area (Å²) in [5.74, 6) is 0. The van der Waals surface area contributed by atoms with Crippen LogP contribution >= 0.6 is 24.4 Å². The number of anilines is 1. The molecule has 1 aromatic carbocycles. The van der Waals surface area contributed by atoms with Crippen LogP contribution in [0.15, 0.2) is 30.3 Å². The molecule has 0 aliphatic heterocycles. The first-order valence-corrected chi connectivity index (χ1v) is 4.37. The summed E-state index contributed by atoms with van der Waals surface area (Å²) in [5.41, 5.74) is 5.20. The van der Waals surface area contributed by atoms with Gasteiger partial charge in [-0.15, -0.1) is 0 Å². The maximum atomic E-state index is 8.63. The Bertz CT molecular complexity index is 305. The van der Waals surface area contributed by atoms with Gasteiger partial charge in [0.1, 0.15) is 0 Å². The number of aliphatic hydroxyl groups excluding tert-OH is 2. The number of nitrogens with one attached hydrogen (secondary N) is 1. The molecule has 4 nitrogen and oxygen atoms in total. The van der Waals surface area contributed by atoms with Crippen molar-refractivity contribution in [1.82, 2.24) is 0 Å². The average molecular weight is 326 g/mol. The number of para-hydroxylation sites is 1. The van der Waals surface area contributed by atoms with Crippen molar-refractivity contribution in [3.05, 3.63) is 30.3 Å². The van der Waals surface area contributed by atoms with Crippen LogP contribution < -0.4 is 11.1 Å². The third-order valence-electron chi connectivity index (χ3n) is 1.03. The molecule has 82 valence electrons. The molecule has 0 bridgehead atoms. The zero-order valence-electron chi connectivity index (χ0n) is 7.58. The van der Waals surface area contributed by atoms with E-state index in [-0.39, 0.29) is 26.2 Å². The number of nitrogens with two attached hydrogens (primary N) is 1. The van der Waals surface area contributed by atoms with Crippen LogP contribution in [0.25, 0.3) is 0 Å². The van der Waals surface area contributed by atoms with Gasteiger partial charge in [-0.2, -0.15) is 0 Å². The average Bonchev–Trinajstić information content (AvgIpc) is 2.03. The van der Waals surface area contributed by atoms with E-state index < -0.39 is 5.17 Å². The number of benzene rings is 1. The predicted octanol–water partition coefficient (Wildman–Crippen LogP) is 1.73. The largest absolute Gasteiger partial charge is 0.487 e. The van der Waals surface area contributed by atoms with Crippen molar-refractivity contribution in [2.75, 3.05) is 5.32 Å². The molecule has 0 unspecified atom stereocenters. The maximum absolute atomic E-state index is 8.63. The Morgan fingerprint density at radius 1 is 1.13 bits per heavy atom. The van der Waals surface area contributed by atoms with Crippen LogP contribution in [-0.4, -0.2) is 20.6 Å². The summed E-state index contributed by atoms with van der Waals surface area (Å²) >= 11 is 8.29. The van der Waals surface area contributed by atoms with Gasteiger partial charge in [0, 0.05) is 26.8 Å². The molecule has 0 saturated carbocycles. The van der Waals surface area contributed by atoms with Gasteiger partial charge in [-0.1, -0.05) is 18.2 Å². The molecule has 0 fully saturated rings. The molecule has 0 spiro atoms. The molecule has 15 heavy (non-hydrogen) atoms. The minimum absolute atomic E-state index is 0. The standard InChI is InChI=1S/C7H7NOS.CH3NOS.Mo/c9-7(10)8-6-4-2-1-3-5-6;2-1(3)4;/h1-5H,(H2,8,9,10);(H3,2,3,4);. The molecule has 7 heteroatoms. The quantitative estimate of drug-likeness (QED) is 0.465. The topological polar surface area (TPSA) is 78.5 Å². The van der Waals surface area contributed by atoms with E-state index in [0.717, 1.165) is 5.69 Å². The van der Waals surface area contributed by atoms with Crippen LogP contribution in [0.2, 0.25) is 0 Å². The first kappa shape index (κ1) is 16.7. The van der Waals surface area contributed by atoms with Crippen LogP contribution in [0, 0.1) is 0 Å². The Labute approximate surface area is 113 Å². The summed E-state index contributed by atoms with van der Waals surface area (Å²) in [6, 6.07) is 9.26. The van der Waals surface area contributed by atoms with E-state index in [9.17, 15) is 0 Å². The van der Waals surface area contributed by atoms with Crippen molar-refractivity contribution in [1.29, 1.82) is 0 Å². The van der Waals surface area contributed by atoms with Gasteiger partial charge in [0.05, 0.1) is 0 Å². The van der Waals surface area contributed by atoms with Gasteiger partial charge in [0.25, 0.3) is 10.3 Å². The van der Waals surface area contributed by atoms with Crippen LogP contribution in [0.1, 0.15) is 0 Å². The van der Waals surface area contributed by atoms with Gasteiger partial charge in [0.2, 0.25) is 0 Å².